The molecule has 0 bridgehead atoms. The Morgan fingerprint density at radius 2 is 1.81 bits per heavy atom. The molecular weight excluding hydrogens is 482 g/mol. The SMILES string of the molecule is CC(C)C[C@H]1NC(=O)CCCN(C(=O)[C@H](C)N)CCn2nc(-c3ccccc3)nc2[C@@H](C)NC1=O.Cl. The van der Waals surface area contributed by atoms with E-state index in [1.807, 2.05) is 51.1 Å². The van der Waals surface area contributed by atoms with Gasteiger partial charge in [0, 0.05) is 25.1 Å². The zero-order valence-corrected chi connectivity index (χ0v) is 22.3. The molecule has 3 amide bonds. The number of carbonyl (C=O) groups is 3. The fraction of sp³-hybridized carbons (Fsp3) is 0.560. The van der Waals surface area contributed by atoms with Crippen LogP contribution in [-0.4, -0.2) is 62.6 Å². The lowest BCUT2D eigenvalue weighted by atomic mass is 10.0. The topological polar surface area (TPSA) is 135 Å². The van der Waals surface area contributed by atoms with E-state index in [1.54, 1.807) is 16.5 Å². The van der Waals surface area contributed by atoms with Crippen molar-refractivity contribution in [2.24, 2.45) is 11.7 Å². The molecule has 0 saturated heterocycles. The second-order valence-electron chi connectivity index (χ2n) is 9.58. The summed E-state index contributed by atoms with van der Waals surface area (Å²) < 4.78 is 1.75. The molecule has 0 fully saturated rings. The van der Waals surface area contributed by atoms with Crippen LogP contribution in [0.25, 0.3) is 11.4 Å². The van der Waals surface area contributed by atoms with Crippen LogP contribution >= 0.6 is 12.4 Å². The second kappa shape index (κ2) is 13.4. The summed E-state index contributed by atoms with van der Waals surface area (Å²) in [4.78, 5) is 44.9. The summed E-state index contributed by atoms with van der Waals surface area (Å²) >= 11 is 0. The van der Waals surface area contributed by atoms with E-state index < -0.39 is 18.1 Å². The lowest BCUT2D eigenvalue weighted by Gasteiger charge is -2.26. The van der Waals surface area contributed by atoms with Crippen LogP contribution in [0.2, 0.25) is 0 Å². The fourth-order valence-electron chi connectivity index (χ4n) is 4.16. The van der Waals surface area contributed by atoms with Gasteiger partial charge in [-0.2, -0.15) is 5.10 Å². The van der Waals surface area contributed by atoms with Crippen LogP contribution in [0.5, 0.6) is 0 Å². The predicted molar refractivity (Wildman–Crippen MR) is 140 cm³/mol. The Morgan fingerprint density at radius 3 is 2.44 bits per heavy atom. The number of amides is 3. The minimum absolute atomic E-state index is 0. The minimum Gasteiger partial charge on any atom is -0.345 e. The highest BCUT2D eigenvalue weighted by molar-refractivity contribution is 5.88. The number of nitrogens with zero attached hydrogens (tertiary/aromatic N) is 4. The molecule has 36 heavy (non-hydrogen) atoms. The van der Waals surface area contributed by atoms with E-state index >= 15 is 0 Å². The van der Waals surface area contributed by atoms with Gasteiger partial charge < -0.3 is 21.3 Å². The van der Waals surface area contributed by atoms with Crippen molar-refractivity contribution in [3.8, 4) is 11.4 Å². The molecule has 2 heterocycles. The molecule has 0 radical (unpaired) electrons. The summed E-state index contributed by atoms with van der Waals surface area (Å²) in [6.07, 6.45) is 1.20. The molecule has 198 valence electrons. The summed E-state index contributed by atoms with van der Waals surface area (Å²) in [5, 5.41) is 10.6. The van der Waals surface area contributed by atoms with Crippen LogP contribution in [0.3, 0.4) is 0 Å². The molecule has 0 spiro atoms. The molecule has 3 rings (SSSR count). The quantitative estimate of drug-likeness (QED) is 0.565. The van der Waals surface area contributed by atoms with Gasteiger partial charge in [-0.3, -0.25) is 14.4 Å². The molecule has 0 unspecified atom stereocenters. The zero-order chi connectivity index (χ0) is 25.5. The van der Waals surface area contributed by atoms with Crippen LogP contribution in [0.1, 0.15) is 58.8 Å². The summed E-state index contributed by atoms with van der Waals surface area (Å²) in [5.74, 6) is 0.703. The van der Waals surface area contributed by atoms with Crippen molar-refractivity contribution in [1.82, 2.24) is 30.3 Å². The van der Waals surface area contributed by atoms with Crippen molar-refractivity contribution >= 4 is 30.1 Å². The van der Waals surface area contributed by atoms with Crippen LogP contribution < -0.4 is 16.4 Å². The van der Waals surface area contributed by atoms with Gasteiger partial charge in [0.25, 0.3) is 0 Å². The molecule has 11 heteroatoms. The number of rotatable bonds is 4. The smallest absolute Gasteiger partial charge is 0.243 e. The molecule has 0 aliphatic carbocycles. The minimum atomic E-state index is -0.653. The van der Waals surface area contributed by atoms with Gasteiger partial charge in [0.15, 0.2) is 5.82 Å². The number of fused-ring (bicyclic) bond motifs is 1. The van der Waals surface area contributed by atoms with Crippen molar-refractivity contribution in [2.75, 3.05) is 13.1 Å². The number of nitrogens with two attached hydrogens (primary N) is 1. The first kappa shape index (κ1) is 29.3. The number of aromatic nitrogens is 3. The number of carbonyl (C=O) groups excluding carboxylic acids is 3. The van der Waals surface area contributed by atoms with E-state index in [0.29, 0.717) is 44.1 Å². The number of hydrogen-bond donors (Lipinski definition) is 3. The van der Waals surface area contributed by atoms with Gasteiger partial charge in [0.05, 0.1) is 18.6 Å². The van der Waals surface area contributed by atoms with Gasteiger partial charge in [-0.15, -0.1) is 12.4 Å². The number of benzene rings is 1. The fourth-order valence-corrected chi connectivity index (χ4v) is 4.16. The molecule has 4 N–H and O–H groups in total. The molecule has 10 nitrogen and oxygen atoms in total. The normalized spacial score (nSPS) is 20.4. The maximum Gasteiger partial charge on any atom is 0.243 e. The van der Waals surface area contributed by atoms with Crippen molar-refractivity contribution in [2.45, 2.75) is 71.6 Å². The monoisotopic (exact) mass is 519 g/mol. The van der Waals surface area contributed by atoms with Gasteiger partial charge >= 0.3 is 0 Å². The van der Waals surface area contributed by atoms with Gasteiger partial charge in [-0.05, 0) is 32.6 Å². The van der Waals surface area contributed by atoms with Crippen LogP contribution in [0, 0.1) is 5.92 Å². The van der Waals surface area contributed by atoms with Gasteiger partial charge in [-0.1, -0.05) is 44.2 Å². The van der Waals surface area contributed by atoms with E-state index in [0.717, 1.165) is 5.56 Å². The van der Waals surface area contributed by atoms with Crippen LogP contribution in [0.4, 0.5) is 0 Å². The molecule has 2 aromatic rings. The first-order valence-corrected chi connectivity index (χ1v) is 12.3. The largest absolute Gasteiger partial charge is 0.345 e. The maximum absolute atomic E-state index is 13.1. The van der Waals surface area contributed by atoms with Crippen molar-refractivity contribution in [3.05, 3.63) is 36.2 Å². The summed E-state index contributed by atoms with van der Waals surface area (Å²) in [6, 6.07) is 7.85. The Kier molecular flexibility index (Phi) is 10.9. The standard InChI is InChI=1S/C25H37N7O3.ClH/c1-16(2)15-20-24(34)27-18(4)23-29-22(19-9-6-5-7-10-19)30-32(23)14-13-31(25(35)17(3)26)12-8-11-21(33)28-20;/h5-7,9-10,16-18,20H,8,11-15,26H2,1-4H3,(H,27,34)(H,28,33);1H/t17-,18+,20+;/m0./s1. The lowest BCUT2D eigenvalue weighted by molar-refractivity contribution is -0.133. The predicted octanol–water partition coefficient (Wildman–Crippen LogP) is 2.04. The van der Waals surface area contributed by atoms with E-state index in [2.05, 4.69) is 10.6 Å². The Balaban J connectivity index is 0.00000456. The Morgan fingerprint density at radius 1 is 1.11 bits per heavy atom. The molecule has 1 aliphatic rings. The Hall–Kier alpha value is -2.98. The average Bonchev–Trinajstić information content (AvgIpc) is 3.24. The van der Waals surface area contributed by atoms with Crippen molar-refractivity contribution in [3.63, 3.8) is 0 Å². The van der Waals surface area contributed by atoms with Crippen LogP contribution in [0.15, 0.2) is 30.3 Å². The molecule has 0 saturated carbocycles. The maximum atomic E-state index is 13.1. The van der Waals surface area contributed by atoms with Crippen LogP contribution in [-0.2, 0) is 20.9 Å². The molecule has 1 aromatic carbocycles. The summed E-state index contributed by atoms with van der Waals surface area (Å²) in [5.41, 5.74) is 6.74. The highest BCUT2D eigenvalue weighted by Gasteiger charge is 2.27. The third-order valence-corrected chi connectivity index (χ3v) is 5.95. The lowest BCUT2D eigenvalue weighted by Crippen LogP contribution is -2.49. The Bertz CT molecular complexity index is 1030. The third kappa shape index (κ3) is 7.76. The first-order valence-electron chi connectivity index (χ1n) is 12.3. The van der Waals surface area contributed by atoms with E-state index in [-0.39, 0.29) is 42.5 Å². The van der Waals surface area contributed by atoms with Crippen molar-refractivity contribution in [1.29, 1.82) is 0 Å². The van der Waals surface area contributed by atoms with Gasteiger partial charge in [0.1, 0.15) is 11.9 Å². The second-order valence-corrected chi connectivity index (χ2v) is 9.58. The Labute approximate surface area is 218 Å². The third-order valence-electron chi connectivity index (χ3n) is 5.95. The number of halogens is 1. The first-order chi connectivity index (χ1) is 16.7. The van der Waals surface area contributed by atoms with E-state index in [4.69, 9.17) is 15.8 Å². The number of nitrogens with one attached hydrogen (secondary N) is 2. The zero-order valence-electron chi connectivity index (χ0n) is 21.4. The highest BCUT2D eigenvalue weighted by atomic mass is 35.5. The van der Waals surface area contributed by atoms with Gasteiger partial charge in [0.2, 0.25) is 17.7 Å². The molecule has 1 aromatic heterocycles. The van der Waals surface area contributed by atoms with E-state index in [9.17, 15) is 14.4 Å². The summed E-state index contributed by atoms with van der Waals surface area (Å²) in [6.45, 7) is 8.66. The molecule has 1 aliphatic heterocycles. The average molecular weight is 520 g/mol. The summed E-state index contributed by atoms with van der Waals surface area (Å²) in [7, 11) is 0. The molecular formula is C25H38ClN7O3. The number of hydrogen-bond acceptors (Lipinski definition) is 6. The molecule has 3 atom stereocenters. The van der Waals surface area contributed by atoms with Gasteiger partial charge in [-0.25, -0.2) is 9.67 Å². The van der Waals surface area contributed by atoms with Crippen molar-refractivity contribution < 1.29 is 14.4 Å². The highest BCUT2D eigenvalue weighted by Crippen LogP contribution is 2.20. The van der Waals surface area contributed by atoms with E-state index in [1.165, 1.54) is 0 Å².